The predicted octanol–water partition coefficient (Wildman–Crippen LogP) is 3.18. The number of aliphatic hydroxyl groups is 5. The Hall–Kier alpha value is -2.72. The Labute approximate surface area is 333 Å². The van der Waals surface area contributed by atoms with Crippen molar-refractivity contribution in [3.05, 3.63) is 60.2 Å². The SMILES string of the molecule is CC(C)CC(=O)O[C@H]1/C=C\C=C/C(=O)O[C@H]2[C@@H](C)C[C@@H]3[C@]2(O)[C@H](O)[C@@]2(CO)O[C@H]2[C@H]2[C@H]4OC5(c6ccccc6)O[C@@H]([C@@H](C)[C@@]23O5)[C@@]4(O)[C@](C)(O)CC2CCC1CC2. The van der Waals surface area contributed by atoms with E-state index in [9.17, 15) is 35.1 Å². The molecule has 312 valence electrons. The van der Waals surface area contributed by atoms with E-state index in [1.807, 2.05) is 45.9 Å². The van der Waals surface area contributed by atoms with Gasteiger partial charge in [-0.25, -0.2) is 4.79 Å². The first-order chi connectivity index (χ1) is 27.0. The molecule has 57 heavy (non-hydrogen) atoms. The van der Waals surface area contributed by atoms with Gasteiger partial charge in [-0.2, -0.15) is 0 Å². The molecule has 13 heteroatoms. The van der Waals surface area contributed by atoms with Crippen LogP contribution in [0.3, 0.4) is 0 Å². The molecular formula is C44H58O13. The Kier molecular flexibility index (Phi) is 9.33. The Balaban J connectivity index is 1.20. The van der Waals surface area contributed by atoms with E-state index < -0.39 is 107 Å². The number of epoxide rings is 1. The minimum Gasteiger partial charge on any atom is -0.458 e. The predicted molar refractivity (Wildman–Crippen MR) is 200 cm³/mol. The van der Waals surface area contributed by atoms with Crippen LogP contribution in [0.25, 0.3) is 0 Å². The minimum absolute atomic E-state index is 0.00642. The van der Waals surface area contributed by atoms with Crippen molar-refractivity contribution in [1.29, 1.82) is 0 Å². The third kappa shape index (κ3) is 5.45. The minimum atomic E-state index is -2.21. The second kappa shape index (κ2) is 13.4. The molecule has 4 aliphatic carbocycles. The Morgan fingerprint density at radius 1 is 0.947 bits per heavy atom. The lowest BCUT2D eigenvalue weighted by Crippen LogP contribution is -2.89. The van der Waals surface area contributed by atoms with E-state index in [1.54, 1.807) is 31.2 Å². The molecule has 7 aliphatic heterocycles. The molecule has 12 rings (SSSR count). The van der Waals surface area contributed by atoms with Gasteiger partial charge in [-0.15, -0.1) is 0 Å². The van der Waals surface area contributed by atoms with Crippen LogP contribution in [0.5, 0.6) is 0 Å². The first-order valence-corrected chi connectivity index (χ1v) is 21.0. The normalized spacial score (nSPS) is 53.3. The topological polar surface area (TPSA) is 194 Å². The van der Waals surface area contributed by atoms with Crippen LogP contribution in [0.2, 0.25) is 0 Å². The zero-order chi connectivity index (χ0) is 40.5. The first kappa shape index (κ1) is 39.7. The highest BCUT2D eigenvalue weighted by Gasteiger charge is 2.91. The number of hydrogen-bond donors (Lipinski definition) is 5. The number of esters is 2. The molecule has 11 bridgehead atoms. The monoisotopic (exact) mass is 794 g/mol. The van der Waals surface area contributed by atoms with Crippen LogP contribution in [0, 0.1) is 41.4 Å². The second-order valence-electron chi connectivity index (χ2n) is 19.2. The van der Waals surface area contributed by atoms with Gasteiger partial charge in [0.15, 0.2) is 0 Å². The van der Waals surface area contributed by atoms with Crippen LogP contribution < -0.4 is 0 Å². The summed E-state index contributed by atoms with van der Waals surface area (Å²) in [5.41, 5.74) is -8.71. The van der Waals surface area contributed by atoms with Crippen molar-refractivity contribution >= 4 is 11.9 Å². The zero-order valence-electron chi connectivity index (χ0n) is 33.4. The number of ether oxygens (including phenoxy) is 6. The molecule has 0 aromatic heterocycles. The van der Waals surface area contributed by atoms with Crippen LogP contribution in [0.4, 0.5) is 0 Å². The van der Waals surface area contributed by atoms with Gasteiger partial charge in [0.05, 0.1) is 17.8 Å². The molecule has 1 spiro atoms. The highest BCUT2D eigenvalue weighted by molar-refractivity contribution is 5.82. The second-order valence-corrected chi connectivity index (χ2v) is 19.2. The summed E-state index contributed by atoms with van der Waals surface area (Å²) in [6.07, 6.45) is 2.84. The van der Waals surface area contributed by atoms with Crippen LogP contribution in [0.15, 0.2) is 54.6 Å². The third-order valence-electron chi connectivity index (χ3n) is 15.4. The van der Waals surface area contributed by atoms with Gasteiger partial charge >= 0.3 is 17.9 Å². The van der Waals surface area contributed by atoms with Crippen molar-refractivity contribution in [2.45, 2.75) is 150 Å². The van der Waals surface area contributed by atoms with E-state index >= 15 is 0 Å². The summed E-state index contributed by atoms with van der Waals surface area (Å²) >= 11 is 0. The molecule has 8 fully saturated rings. The fourth-order valence-electron chi connectivity index (χ4n) is 12.8. The maximum Gasteiger partial charge on any atom is 0.331 e. The largest absolute Gasteiger partial charge is 0.458 e. The van der Waals surface area contributed by atoms with Gasteiger partial charge in [-0.05, 0) is 75.2 Å². The van der Waals surface area contributed by atoms with Crippen molar-refractivity contribution in [2.24, 2.45) is 41.4 Å². The lowest BCUT2D eigenvalue weighted by molar-refractivity contribution is -0.595. The van der Waals surface area contributed by atoms with E-state index in [1.165, 1.54) is 12.2 Å². The molecule has 13 nitrogen and oxygen atoms in total. The van der Waals surface area contributed by atoms with E-state index in [0.717, 1.165) is 0 Å². The molecule has 11 aliphatic rings. The summed E-state index contributed by atoms with van der Waals surface area (Å²) in [6.45, 7) is 8.55. The van der Waals surface area contributed by atoms with Crippen molar-refractivity contribution in [2.75, 3.05) is 6.61 Å². The number of carbonyl (C=O) groups excluding carboxylic acids is 2. The molecule has 0 radical (unpaired) electrons. The Morgan fingerprint density at radius 3 is 2.33 bits per heavy atom. The quantitative estimate of drug-likeness (QED) is 0.216. The third-order valence-corrected chi connectivity index (χ3v) is 15.4. The number of fused-ring (bicyclic) bond motifs is 2. The number of allylic oxidation sites excluding steroid dienone is 2. The van der Waals surface area contributed by atoms with Gasteiger partial charge in [0.25, 0.3) is 0 Å². The van der Waals surface area contributed by atoms with Crippen molar-refractivity contribution in [1.82, 2.24) is 0 Å². The summed E-state index contributed by atoms with van der Waals surface area (Å²) in [6, 6.07) is 9.06. The van der Waals surface area contributed by atoms with Gasteiger partial charge in [0.1, 0.15) is 53.4 Å². The molecular weight excluding hydrogens is 736 g/mol. The Morgan fingerprint density at radius 2 is 1.65 bits per heavy atom. The first-order valence-electron chi connectivity index (χ1n) is 21.0. The summed E-state index contributed by atoms with van der Waals surface area (Å²) < 4.78 is 39.4. The maximum absolute atomic E-state index is 13.7. The molecule has 7 heterocycles. The van der Waals surface area contributed by atoms with E-state index in [2.05, 4.69) is 0 Å². The number of carbonyl (C=O) groups is 2. The number of aliphatic hydroxyl groups excluding tert-OH is 2. The summed E-state index contributed by atoms with van der Waals surface area (Å²) in [4.78, 5) is 26.6. The Bertz CT molecular complexity index is 1810. The average Bonchev–Trinajstić information content (AvgIpc) is 3.86. The van der Waals surface area contributed by atoms with E-state index in [4.69, 9.17) is 28.4 Å². The molecule has 16 atom stereocenters. The van der Waals surface area contributed by atoms with Crippen LogP contribution >= 0.6 is 0 Å². The zero-order valence-corrected chi connectivity index (χ0v) is 33.4. The number of hydrogen-bond acceptors (Lipinski definition) is 13. The smallest absolute Gasteiger partial charge is 0.331 e. The van der Waals surface area contributed by atoms with Gasteiger partial charge < -0.3 is 54.0 Å². The number of rotatable bonds is 5. The molecule has 5 N–H and O–H groups in total. The molecule has 1 aromatic rings. The molecule has 1 unspecified atom stereocenters. The molecule has 0 amide bonds. The lowest BCUT2D eigenvalue weighted by Gasteiger charge is -2.74. The van der Waals surface area contributed by atoms with E-state index in [0.29, 0.717) is 31.2 Å². The van der Waals surface area contributed by atoms with E-state index in [-0.39, 0.29) is 43.0 Å². The molecule has 1 aromatic carbocycles. The molecule has 4 saturated heterocycles. The van der Waals surface area contributed by atoms with Crippen LogP contribution in [0.1, 0.15) is 85.1 Å². The highest BCUT2D eigenvalue weighted by atomic mass is 16.9. The standard InChI is InChI=1S/C44H58O13/c1-23(2)19-32(47)52-29-13-9-10-14-31(46)53-34-24(3)20-30-41(34,50)38(48)40(22-45)36(54-40)33-37-43(51,39(5,49)21-26-15-17-27(29)18-16-26)35-25(4)42(30,33)57-44(55-35,56-37)28-11-7-6-8-12-28/h6-14,23-27,29-30,33-38,45,48-51H,15-22H2,1-5H3/b13-9-,14-10-/t24-,25+,26?,27?,29-,30+,33-,34-,35-,36-,37+,38+,39+,40-,41+,42-,43-,44?/m0/s1. The summed E-state index contributed by atoms with van der Waals surface area (Å²) in [7, 11) is 0. The van der Waals surface area contributed by atoms with Crippen molar-refractivity contribution in [3.63, 3.8) is 0 Å². The van der Waals surface area contributed by atoms with Gasteiger partial charge in [0.2, 0.25) is 0 Å². The van der Waals surface area contributed by atoms with Gasteiger partial charge in [-0.3, -0.25) is 4.79 Å². The maximum atomic E-state index is 13.7. The number of benzene rings is 1. The van der Waals surface area contributed by atoms with Gasteiger partial charge in [0, 0.05) is 35.8 Å². The lowest BCUT2D eigenvalue weighted by atomic mass is 9.49. The van der Waals surface area contributed by atoms with Crippen molar-refractivity contribution in [3.8, 4) is 0 Å². The summed E-state index contributed by atoms with van der Waals surface area (Å²) in [5.74, 6) is -5.95. The van der Waals surface area contributed by atoms with Gasteiger partial charge in [-0.1, -0.05) is 70.2 Å². The fraction of sp³-hybridized carbons (Fsp3) is 0.727. The van der Waals surface area contributed by atoms with Crippen molar-refractivity contribution < 1.29 is 63.5 Å². The fourth-order valence-corrected chi connectivity index (χ4v) is 12.8. The van der Waals surface area contributed by atoms with Crippen LogP contribution in [-0.4, -0.2) is 109 Å². The average molecular weight is 795 g/mol. The molecule has 4 saturated carbocycles. The summed E-state index contributed by atoms with van der Waals surface area (Å²) in [5, 5.41) is 63.1. The highest BCUT2D eigenvalue weighted by Crippen LogP contribution is 2.75. The van der Waals surface area contributed by atoms with Crippen LogP contribution in [-0.2, 0) is 44.0 Å².